The van der Waals surface area contributed by atoms with Gasteiger partial charge in [-0.15, -0.1) is 0 Å². The molecule has 4 aromatic rings. The molecular formula is C23H22ClF2N5O3. The molecule has 0 saturated heterocycles. The van der Waals surface area contributed by atoms with E-state index < -0.39 is 18.1 Å². The minimum absolute atomic E-state index is 0.0790. The second kappa shape index (κ2) is 8.60. The number of rotatable bonds is 5. The summed E-state index contributed by atoms with van der Waals surface area (Å²) in [5, 5.41) is 18.2. The number of pyridine rings is 1. The smallest absolute Gasteiger partial charge is 0.416 e. The summed E-state index contributed by atoms with van der Waals surface area (Å²) in [7, 11) is 1.76. The van der Waals surface area contributed by atoms with E-state index in [2.05, 4.69) is 20.1 Å². The third kappa shape index (κ3) is 4.41. The Bertz CT molecular complexity index is 1390. The van der Waals surface area contributed by atoms with Crippen LogP contribution < -0.4 is 10.1 Å². The van der Waals surface area contributed by atoms with Gasteiger partial charge in [0.25, 0.3) is 0 Å². The van der Waals surface area contributed by atoms with Gasteiger partial charge in [0.2, 0.25) is 0 Å². The number of alkyl halides is 2. The third-order valence-electron chi connectivity index (χ3n) is 5.20. The fraction of sp³-hybridized carbons (Fsp3) is 0.261. The predicted molar refractivity (Wildman–Crippen MR) is 125 cm³/mol. The monoisotopic (exact) mass is 489 g/mol. The van der Waals surface area contributed by atoms with Gasteiger partial charge in [0.15, 0.2) is 0 Å². The number of halogens is 3. The molecule has 178 valence electrons. The van der Waals surface area contributed by atoms with E-state index in [4.69, 9.17) is 11.6 Å². The summed E-state index contributed by atoms with van der Waals surface area (Å²) in [5.41, 5.74) is 2.44. The van der Waals surface area contributed by atoms with Crippen molar-refractivity contribution < 1.29 is 23.4 Å². The van der Waals surface area contributed by atoms with Crippen LogP contribution in [0.2, 0.25) is 5.02 Å². The Labute approximate surface area is 198 Å². The zero-order valence-electron chi connectivity index (χ0n) is 18.8. The zero-order chi connectivity index (χ0) is 24.8. The quantitative estimate of drug-likeness (QED) is 0.343. The topological polar surface area (TPSA) is 94.2 Å². The van der Waals surface area contributed by atoms with Crippen LogP contribution in [0, 0.1) is 0 Å². The van der Waals surface area contributed by atoms with Crippen LogP contribution in [0.4, 0.5) is 25.1 Å². The Balaban J connectivity index is 1.86. The summed E-state index contributed by atoms with van der Waals surface area (Å²) in [6, 6.07) is 5.69. The van der Waals surface area contributed by atoms with Crippen LogP contribution in [0.15, 0.2) is 42.9 Å². The van der Waals surface area contributed by atoms with Gasteiger partial charge in [0.05, 0.1) is 28.1 Å². The van der Waals surface area contributed by atoms with Gasteiger partial charge in [-0.1, -0.05) is 32.4 Å². The summed E-state index contributed by atoms with van der Waals surface area (Å²) < 4.78 is 32.1. The van der Waals surface area contributed by atoms with Crippen LogP contribution in [0.5, 0.6) is 5.75 Å². The molecule has 0 saturated carbocycles. The Morgan fingerprint density at radius 2 is 1.97 bits per heavy atom. The molecule has 0 fully saturated rings. The number of carbonyl (C=O) groups is 1. The van der Waals surface area contributed by atoms with Crippen molar-refractivity contribution in [3.63, 3.8) is 0 Å². The Hall–Kier alpha value is -3.66. The molecule has 0 unspecified atom stereocenters. The summed E-state index contributed by atoms with van der Waals surface area (Å²) in [6.45, 7) is 3.04. The van der Waals surface area contributed by atoms with Gasteiger partial charge in [-0.05, 0) is 23.1 Å². The minimum atomic E-state index is -2.96. The van der Waals surface area contributed by atoms with Crippen LogP contribution in [-0.4, -0.2) is 37.1 Å². The molecule has 0 spiro atoms. The average Bonchev–Trinajstić information content (AvgIpc) is 3.30. The number of fused-ring (bicyclic) bond motifs is 1. The summed E-state index contributed by atoms with van der Waals surface area (Å²) >= 11 is 6.21. The lowest BCUT2D eigenvalue weighted by Crippen LogP contribution is -2.15. The van der Waals surface area contributed by atoms with Crippen molar-refractivity contribution in [3.05, 3.63) is 53.4 Å². The molecule has 0 radical (unpaired) electrons. The maximum absolute atomic E-state index is 12.4. The molecule has 0 aliphatic heterocycles. The molecule has 34 heavy (non-hydrogen) atoms. The lowest BCUT2D eigenvalue weighted by atomic mass is 9.84. The molecular weight excluding hydrogens is 468 g/mol. The molecule has 1 aromatic carbocycles. The number of anilines is 2. The molecule has 4 rings (SSSR count). The van der Waals surface area contributed by atoms with Crippen molar-refractivity contribution >= 4 is 40.1 Å². The van der Waals surface area contributed by atoms with Crippen molar-refractivity contribution in [2.24, 2.45) is 7.05 Å². The van der Waals surface area contributed by atoms with Crippen LogP contribution in [0.3, 0.4) is 0 Å². The highest BCUT2D eigenvalue weighted by Crippen LogP contribution is 2.41. The number of ether oxygens (including phenoxy) is 1. The van der Waals surface area contributed by atoms with Crippen molar-refractivity contribution in [1.82, 2.24) is 19.3 Å². The minimum Gasteiger partial charge on any atom is -0.464 e. The number of benzene rings is 1. The van der Waals surface area contributed by atoms with E-state index in [-0.39, 0.29) is 10.8 Å². The zero-order valence-corrected chi connectivity index (χ0v) is 19.6. The number of hydrogen-bond donors (Lipinski definition) is 2. The normalized spacial score (nSPS) is 11.9. The molecule has 2 N–H and O–H groups in total. The Morgan fingerprint density at radius 1 is 1.24 bits per heavy atom. The molecule has 11 heteroatoms. The first kappa shape index (κ1) is 23.5. The molecule has 0 aliphatic rings. The largest absolute Gasteiger partial charge is 0.464 e. The van der Waals surface area contributed by atoms with E-state index in [0.717, 1.165) is 5.56 Å². The van der Waals surface area contributed by atoms with Crippen molar-refractivity contribution in [2.45, 2.75) is 32.8 Å². The van der Waals surface area contributed by atoms with E-state index in [9.17, 15) is 18.7 Å². The van der Waals surface area contributed by atoms with Crippen LogP contribution in [-0.2, 0) is 12.5 Å². The van der Waals surface area contributed by atoms with Gasteiger partial charge in [0, 0.05) is 42.5 Å². The standard InChI is InChI=1S/C23H22ClF2N5O3/c1-23(2,3)19-14-10-27-18(29-16-6-5-13(7-15(16)24)34-21(25)26)8-17(14)31(22(32)33)20(19)12-9-28-30(4)11-12/h5-11,21H,1-4H3,(H,27,29)(H,32,33). The molecule has 8 nitrogen and oxygen atoms in total. The highest BCUT2D eigenvalue weighted by atomic mass is 35.5. The second-order valence-corrected chi connectivity index (χ2v) is 9.13. The first-order chi connectivity index (χ1) is 16.0. The predicted octanol–water partition coefficient (Wildman–Crippen LogP) is 6.26. The van der Waals surface area contributed by atoms with Gasteiger partial charge >= 0.3 is 12.7 Å². The summed E-state index contributed by atoms with van der Waals surface area (Å²) in [4.78, 5) is 16.9. The number of aromatic nitrogens is 4. The van der Waals surface area contributed by atoms with Gasteiger partial charge in [-0.2, -0.15) is 13.9 Å². The first-order valence-corrected chi connectivity index (χ1v) is 10.6. The highest BCUT2D eigenvalue weighted by Gasteiger charge is 2.30. The number of aryl methyl sites for hydroxylation is 1. The summed E-state index contributed by atoms with van der Waals surface area (Å²) in [5.74, 6) is 0.250. The van der Waals surface area contributed by atoms with Crippen LogP contribution in [0.25, 0.3) is 22.2 Å². The number of hydrogen-bond acceptors (Lipinski definition) is 5. The maximum Gasteiger partial charge on any atom is 0.416 e. The third-order valence-corrected chi connectivity index (χ3v) is 5.51. The summed E-state index contributed by atoms with van der Waals surface area (Å²) in [6.07, 6.45) is 3.85. The second-order valence-electron chi connectivity index (χ2n) is 8.73. The van der Waals surface area contributed by atoms with Crippen molar-refractivity contribution in [1.29, 1.82) is 0 Å². The number of carboxylic acid groups (broad SMARTS) is 1. The SMILES string of the molecule is Cn1cc(-c2c(C(C)(C)C)c3cnc(Nc4ccc(OC(F)F)cc4Cl)cc3n2C(=O)O)cn1. The average molecular weight is 490 g/mol. The fourth-order valence-corrected chi connectivity index (χ4v) is 4.15. The molecule has 3 heterocycles. The van der Waals surface area contributed by atoms with E-state index in [1.807, 2.05) is 20.8 Å². The van der Waals surface area contributed by atoms with E-state index in [1.165, 1.54) is 22.8 Å². The van der Waals surface area contributed by atoms with Crippen molar-refractivity contribution in [2.75, 3.05) is 5.32 Å². The number of nitrogens with one attached hydrogen (secondary N) is 1. The Morgan fingerprint density at radius 3 is 2.53 bits per heavy atom. The van der Waals surface area contributed by atoms with Gasteiger partial charge in [-0.25, -0.2) is 14.3 Å². The lowest BCUT2D eigenvalue weighted by molar-refractivity contribution is -0.0498. The highest BCUT2D eigenvalue weighted by molar-refractivity contribution is 6.33. The maximum atomic E-state index is 12.4. The van der Waals surface area contributed by atoms with Gasteiger partial charge in [0.1, 0.15) is 11.6 Å². The molecule has 3 aromatic heterocycles. The van der Waals surface area contributed by atoms with E-state index in [1.54, 1.807) is 36.4 Å². The Kier molecular flexibility index (Phi) is 5.94. The molecule has 0 amide bonds. The van der Waals surface area contributed by atoms with E-state index in [0.29, 0.717) is 33.7 Å². The van der Waals surface area contributed by atoms with Gasteiger partial charge in [-0.3, -0.25) is 4.68 Å². The molecule has 0 atom stereocenters. The lowest BCUT2D eigenvalue weighted by Gasteiger charge is -2.20. The van der Waals surface area contributed by atoms with Crippen molar-refractivity contribution in [3.8, 4) is 17.0 Å². The number of nitrogens with zero attached hydrogens (tertiary/aromatic N) is 4. The van der Waals surface area contributed by atoms with E-state index >= 15 is 0 Å². The first-order valence-electron chi connectivity index (χ1n) is 10.2. The van der Waals surface area contributed by atoms with Crippen LogP contribution >= 0.6 is 11.6 Å². The van der Waals surface area contributed by atoms with Gasteiger partial charge < -0.3 is 15.2 Å². The molecule has 0 bridgehead atoms. The van der Waals surface area contributed by atoms with Crippen LogP contribution in [0.1, 0.15) is 26.3 Å². The molecule has 0 aliphatic carbocycles. The fourth-order valence-electron chi connectivity index (χ4n) is 3.94.